The zero-order valence-corrected chi connectivity index (χ0v) is 11.7. The van der Waals surface area contributed by atoms with Gasteiger partial charge in [0.1, 0.15) is 5.60 Å². The van der Waals surface area contributed by atoms with Gasteiger partial charge in [-0.25, -0.2) is 0 Å². The van der Waals surface area contributed by atoms with Gasteiger partial charge in [0.25, 0.3) is 5.91 Å². The fraction of sp³-hybridized carbons (Fsp3) is 0.467. The third-order valence-corrected chi connectivity index (χ3v) is 4.19. The Labute approximate surface area is 122 Å². The van der Waals surface area contributed by atoms with Crippen LogP contribution in [0.1, 0.15) is 23.2 Å². The molecule has 0 spiro atoms. The number of hydrogen-bond acceptors (Lipinski definition) is 4. The Hall–Kier alpha value is -2.08. The highest BCUT2D eigenvalue weighted by Gasteiger charge is 2.53. The van der Waals surface area contributed by atoms with Gasteiger partial charge in [-0.2, -0.15) is 0 Å². The zero-order valence-electron chi connectivity index (χ0n) is 11.7. The SMILES string of the molecule is Nc1ccc(C(=O)NCC(=O)N2CC(O)(C3CC3)C2)cc1. The number of likely N-dealkylation sites (tertiary alicyclic amines) is 1. The average Bonchev–Trinajstić information content (AvgIpc) is 3.26. The second-order valence-electron chi connectivity index (χ2n) is 5.93. The first kappa shape index (κ1) is 13.9. The molecule has 3 rings (SSSR count). The maximum absolute atomic E-state index is 11.9. The van der Waals surface area contributed by atoms with Gasteiger partial charge < -0.3 is 21.1 Å². The molecule has 0 bridgehead atoms. The molecule has 2 aliphatic rings. The van der Waals surface area contributed by atoms with Gasteiger partial charge in [0.15, 0.2) is 0 Å². The standard InChI is InChI=1S/C15H19N3O3/c16-12-5-1-10(2-6-12)14(20)17-7-13(19)18-8-15(21,9-18)11-3-4-11/h1-2,5-6,11,21H,3-4,7-9,16H2,(H,17,20). The van der Waals surface area contributed by atoms with Gasteiger partial charge in [0, 0.05) is 11.3 Å². The van der Waals surface area contributed by atoms with Crippen molar-refractivity contribution in [3.8, 4) is 0 Å². The molecular weight excluding hydrogens is 270 g/mol. The van der Waals surface area contributed by atoms with Gasteiger partial charge in [0.05, 0.1) is 19.6 Å². The predicted molar refractivity (Wildman–Crippen MR) is 77.4 cm³/mol. The Morgan fingerprint density at radius 1 is 1.29 bits per heavy atom. The molecule has 6 heteroatoms. The summed E-state index contributed by atoms with van der Waals surface area (Å²) in [6.45, 7) is 0.715. The van der Waals surface area contributed by atoms with Crippen molar-refractivity contribution in [3.63, 3.8) is 0 Å². The maximum atomic E-state index is 11.9. The fourth-order valence-corrected chi connectivity index (χ4v) is 2.67. The first-order valence-corrected chi connectivity index (χ1v) is 7.12. The number of nitrogen functional groups attached to an aromatic ring is 1. The molecule has 1 aliphatic carbocycles. The Kier molecular flexibility index (Phi) is 3.33. The highest BCUT2D eigenvalue weighted by Crippen LogP contribution is 2.44. The van der Waals surface area contributed by atoms with Crippen LogP contribution >= 0.6 is 0 Å². The number of aliphatic hydroxyl groups is 1. The summed E-state index contributed by atoms with van der Waals surface area (Å²) < 4.78 is 0. The van der Waals surface area contributed by atoms with Crippen LogP contribution in [0.3, 0.4) is 0 Å². The van der Waals surface area contributed by atoms with Crippen molar-refractivity contribution in [2.75, 3.05) is 25.4 Å². The maximum Gasteiger partial charge on any atom is 0.251 e. The van der Waals surface area contributed by atoms with E-state index >= 15 is 0 Å². The van der Waals surface area contributed by atoms with Gasteiger partial charge in [-0.3, -0.25) is 9.59 Å². The summed E-state index contributed by atoms with van der Waals surface area (Å²) in [5.41, 5.74) is 5.92. The molecule has 0 aromatic heterocycles. The van der Waals surface area contributed by atoms with Crippen LogP contribution in [0.15, 0.2) is 24.3 Å². The van der Waals surface area contributed by atoms with Crippen LogP contribution in [0.25, 0.3) is 0 Å². The molecule has 1 aromatic rings. The molecule has 1 saturated heterocycles. The first-order valence-electron chi connectivity index (χ1n) is 7.12. The fourth-order valence-electron chi connectivity index (χ4n) is 2.67. The predicted octanol–water partition coefficient (Wildman–Crippen LogP) is -0.0181. The average molecular weight is 289 g/mol. The van der Waals surface area contributed by atoms with Crippen LogP contribution < -0.4 is 11.1 Å². The van der Waals surface area contributed by atoms with Gasteiger partial charge >= 0.3 is 0 Å². The second-order valence-corrected chi connectivity index (χ2v) is 5.93. The summed E-state index contributed by atoms with van der Waals surface area (Å²) in [6.07, 6.45) is 2.10. The summed E-state index contributed by atoms with van der Waals surface area (Å²) in [4.78, 5) is 25.4. The highest BCUT2D eigenvalue weighted by molar-refractivity contribution is 5.96. The van der Waals surface area contributed by atoms with Crippen LogP contribution in [0.2, 0.25) is 0 Å². The lowest BCUT2D eigenvalue weighted by Crippen LogP contribution is -2.65. The molecular formula is C15H19N3O3. The Morgan fingerprint density at radius 3 is 2.48 bits per heavy atom. The minimum Gasteiger partial charge on any atom is -0.399 e. The zero-order chi connectivity index (χ0) is 15.0. The van der Waals surface area contributed by atoms with E-state index in [4.69, 9.17) is 5.73 Å². The van der Waals surface area contributed by atoms with Crippen LogP contribution in [-0.2, 0) is 4.79 Å². The van der Waals surface area contributed by atoms with Crippen LogP contribution in [0.4, 0.5) is 5.69 Å². The van der Waals surface area contributed by atoms with E-state index in [-0.39, 0.29) is 18.4 Å². The van der Waals surface area contributed by atoms with Crippen molar-refractivity contribution in [1.82, 2.24) is 10.2 Å². The second kappa shape index (κ2) is 5.04. The number of nitrogens with two attached hydrogens (primary N) is 1. The highest BCUT2D eigenvalue weighted by atomic mass is 16.3. The van der Waals surface area contributed by atoms with E-state index < -0.39 is 5.60 Å². The van der Waals surface area contributed by atoms with Crippen molar-refractivity contribution in [3.05, 3.63) is 29.8 Å². The normalized spacial score (nSPS) is 19.8. The number of rotatable bonds is 4. The van der Waals surface area contributed by atoms with Gasteiger partial charge in [-0.05, 0) is 43.0 Å². The third kappa shape index (κ3) is 2.85. The van der Waals surface area contributed by atoms with Crippen molar-refractivity contribution < 1.29 is 14.7 Å². The number of benzene rings is 1. The third-order valence-electron chi connectivity index (χ3n) is 4.19. The minimum atomic E-state index is -0.684. The summed E-state index contributed by atoms with van der Waals surface area (Å²) in [7, 11) is 0. The number of nitrogens with one attached hydrogen (secondary N) is 1. The monoisotopic (exact) mass is 289 g/mol. The molecule has 4 N–H and O–H groups in total. The molecule has 1 saturated carbocycles. The number of β-amino-alcohol motifs (C(OH)–C–C–N with tert-alkyl or cyclic N) is 1. The molecule has 1 aromatic carbocycles. The summed E-state index contributed by atoms with van der Waals surface area (Å²) in [5.74, 6) is -0.114. The van der Waals surface area contributed by atoms with Crippen LogP contribution in [-0.4, -0.2) is 47.1 Å². The Bertz CT molecular complexity index is 560. The number of nitrogens with zero attached hydrogens (tertiary/aromatic N) is 1. The Morgan fingerprint density at radius 2 is 1.90 bits per heavy atom. The summed E-state index contributed by atoms with van der Waals surface area (Å²) >= 11 is 0. The molecule has 0 radical (unpaired) electrons. The minimum absolute atomic E-state index is 0.0516. The first-order chi connectivity index (χ1) is 9.98. The number of amides is 2. The van der Waals surface area contributed by atoms with E-state index in [2.05, 4.69) is 5.32 Å². The molecule has 1 aliphatic heterocycles. The summed E-state index contributed by atoms with van der Waals surface area (Å²) in [6, 6.07) is 6.51. The van der Waals surface area contributed by atoms with E-state index in [1.54, 1.807) is 29.2 Å². The topological polar surface area (TPSA) is 95.7 Å². The van der Waals surface area contributed by atoms with E-state index in [1.165, 1.54) is 0 Å². The Balaban J connectivity index is 1.46. The molecule has 21 heavy (non-hydrogen) atoms. The van der Waals surface area contributed by atoms with Gasteiger partial charge in [-0.15, -0.1) is 0 Å². The number of anilines is 1. The van der Waals surface area contributed by atoms with Crippen LogP contribution in [0.5, 0.6) is 0 Å². The van der Waals surface area contributed by atoms with Gasteiger partial charge in [-0.1, -0.05) is 0 Å². The molecule has 0 atom stereocenters. The molecule has 0 unspecified atom stereocenters. The van der Waals surface area contributed by atoms with Crippen molar-refractivity contribution >= 4 is 17.5 Å². The lowest BCUT2D eigenvalue weighted by atomic mass is 9.89. The molecule has 1 heterocycles. The van der Waals surface area contributed by atoms with Crippen molar-refractivity contribution in [1.29, 1.82) is 0 Å². The van der Waals surface area contributed by atoms with Crippen molar-refractivity contribution in [2.45, 2.75) is 18.4 Å². The molecule has 2 fully saturated rings. The van der Waals surface area contributed by atoms with Crippen molar-refractivity contribution in [2.24, 2.45) is 5.92 Å². The number of hydrogen-bond donors (Lipinski definition) is 3. The summed E-state index contributed by atoms with van der Waals surface area (Å²) in [5, 5.41) is 12.7. The van der Waals surface area contributed by atoms with E-state index in [9.17, 15) is 14.7 Å². The number of carbonyl (C=O) groups is 2. The van der Waals surface area contributed by atoms with Gasteiger partial charge in [0.2, 0.25) is 5.91 Å². The lowest BCUT2D eigenvalue weighted by Gasteiger charge is -2.47. The van der Waals surface area contributed by atoms with E-state index in [1.807, 2.05) is 0 Å². The van der Waals surface area contributed by atoms with E-state index in [0.717, 1.165) is 12.8 Å². The molecule has 112 valence electrons. The smallest absolute Gasteiger partial charge is 0.251 e. The van der Waals surface area contributed by atoms with E-state index in [0.29, 0.717) is 30.3 Å². The lowest BCUT2D eigenvalue weighted by molar-refractivity contribution is -0.158. The molecule has 2 amide bonds. The quantitative estimate of drug-likeness (QED) is 0.679. The number of carbonyl (C=O) groups excluding carboxylic acids is 2. The molecule has 6 nitrogen and oxygen atoms in total. The largest absolute Gasteiger partial charge is 0.399 e. The van der Waals surface area contributed by atoms with Crippen LogP contribution in [0, 0.1) is 5.92 Å².